The van der Waals surface area contributed by atoms with Crippen molar-refractivity contribution in [3.63, 3.8) is 0 Å². The van der Waals surface area contributed by atoms with Gasteiger partial charge in [-0.05, 0) is 40.5 Å². The number of rotatable bonds is 3. The molecule has 0 spiro atoms. The SMILES string of the molecule is O=S(=O)(c1ccc(F)c(Br)c1)N1CCC1CO. The summed E-state index contributed by atoms with van der Waals surface area (Å²) in [6, 6.07) is 3.20. The number of sulfonamides is 1. The topological polar surface area (TPSA) is 57.6 Å². The summed E-state index contributed by atoms with van der Waals surface area (Å²) in [5, 5.41) is 8.99. The van der Waals surface area contributed by atoms with E-state index >= 15 is 0 Å². The number of aliphatic hydroxyl groups excluding tert-OH is 1. The van der Waals surface area contributed by atoms with Crippen LogP contribution in [0, 0.1) is 5.82 Å². The van der Waals surface area contributed by atoms with Gasteiger partial charge < -0.3 is 5.11 Å². The van der Waals surface area contributed by atoms with Gasteiger partial charge in [-0.1, -0.05) is 0 Å². The third kappa shape index (κ3) is 2.24. The molecule has 17 heavy (non-hydrogen) atoms. The summed E-state index contributed by atoms with van der Waals surface area (Å²) in [5.74, 6) is -0.508. The van der Waals surface area contributed by atoms with Crippen LogP contribution < -0.4 is 0 Å². The smallest absolute Gasteiger partial charge is 0.243 e. The summed E-state index contributed by atoms with van der Waals surface area (Å²) in [4.78, 5) is 0.0314. The van der Waals surface area contributed by atoms with Crippen molar-refractivity contribution in [2.24, 2.45) is 0 Å². The van der Waals surface area contributed by atoms with Crippen LogP contribution in [0.5, 0.6) is 0 Å². The Balaban J connectivity index is 2.35. The van der Waals surface area contributed by atoms with E-state index in [1.165, 1.54) is 16.4 Å². The fraction of sp³-hybridized carbons (Fsp3) is 0.400. The van der Waals surface area contributed by atoms with E-state index in [-0.39, 0.29) is 22.0 Å². The normalized spacial score (nSPS) is 21.2. The van der Waals surface area contributed by atoms with Gasteiger partial charge in [-0.15, -0.1) is 0 Å². The van der Waals surface area contributed by atoms with E-state index in [1.54, 1.807) is 0 Å². The number of hydrogen-bond donors (Lipinski definition) is 1. The molecule has 0 saturated carbocycles. The Morgan fingerprint density at radius 2 is 2.24 bits per heavy atom. The van der Waals surface area contributed by atoms with Gasteiger partial charge in [-0.2, -0.15) is 4.31 Å². The van der Waals surface area contributed by atoms with Crippen molar-refractivity contribution in [2.45, 2.75) is 17.4 Å². The van der Waals surface area contributed by atoms with Crippen molar-refractivity contribution in [3.05, 3.63) is 28.5 Å². The summed E-state index contributed by atoms with van der Waals surface area (Å²) < 4.78 is 38.6. The Kier molecular flexibility index (Phi) is 3.53. The van der Waals surface area contributed by atoms with Gasteiger partial charge in [0.15, 0.2) is 0 Å². The fourth-order valence-corrected chi connectivity index (χ4v) is 3.91. The summed E-state index contributed by atoms with van der Waals surface area (Å²) in [6.45, 7) is 0.199. The Morgan fingerprint density at radius 3 is 2.71 bits per heavy atom. The lowest BCUT2D eigenvalue weighted by Gasteiger charge is -2.38. The van der Waals surface area contributed by atoms with Gasteiger partial charge in [-0.25, -0.2) is 12.8 Å². The Morgan fingerprint density at radius 1 is 1.53 bits per heavy atom. The standard InChI is InChI=1S/C10H11BrFNO3S/c11-9-5-8(1-2-10(9)12)17(15,16)13-4-3-7(13)6-14/h1-2,5,7,14H,3-4,6H2. The molecule has 0 aliphatic carbocycles. The van der Waals surface area contributed by atoms with Crippen LogP contribution in [0.1, 0.15) is 6.42 Å². The van der Waals surface area contributed by atoms with E-state index in [9.17, 15) is 12.8 Å². The van der Waals surface area contributed by atoms with E-state index in [0.717, 1.165) is 6.07 Å². The number of benzene rings is 1. The molecule has 2 rings (SSSR count). The van der Waals surface area contributed by atoms with Crippen LogP contribution in [-0.2, 0) is 10.0 Å². The van der Waals surface area contributed by atoms with Gasteiger partial charge in [0.2, 0.25) is 10.0 Å². The van der Waals surface area contributed by atoms with Crippen LogP contribution in [-0.4, -0.2) is 37.0 Å². The Bertz CT molecular complexity index is 532. The minimum Gasteiger partial charge on any atom is -0.395 e. The van der Waals surface area contributed by atoms with E-state index in [2.05, 4.69) is 15.9 Å². The highest BCUT2D eigenvalue weighted by Crippen LogP contribution is 2.28. The number of nitrogens with zero attached hydrogens (tertiary/aromatic N) is 1. The fourth-order valence-electron chi connectivity index (χ4n) is 1.69. The van der Waals surface area contributed by atoms with Crippen molar-refractivity contribution in [1.29, 1.82) is 0 Å². The molecule has 7 heteroatoms. The van der Waals surface area contributed by atoms with Gasteiger partial charge in [0.1, 0.15) is 5.82 Å². The zero-order valence-corrected chi connectivity index (χ0v) is 11.2. The predicted molar refractivity (Wildman–Crippen MR) is 63.5 cm³/mol. The van der Waals surface area contributed by atoms with Crippen molar-refractivity contribution in [1.82, 2.24) is 4.31 Å². The van der Waals surface area contributed by atoms with E-state index in [0.29, 0.717) is 13.0 Å². The summed E-state index contributed by atoms with van der Waals surface area (Å²) in [5.41, 5.74) is 0. The highest BCUT2D eigenvalue weighted by molar-refractivity contribution is 9.10. The molecule has 1 aromatic rings. The van der Waals surface area contributed by atoms with Crippen LogP contribution in [0.25, 0.3) is 0 Å². The van der Waals surface area contributed by atoms with Gasteiger partial charge in [0.05, 0.1) is 16.0 Å². The van der Waals surface area contributed by atoms with Crippen molar-refractivity contribution < 1.29 is 17.9 Å². The molecule has 1 N–H and O–H groups in total. The average Bonchev–Trinajstić information content (AvgIpc) is 2.20. The maximum absolute atomic E-state index is 13.0. The van der Waals surface area contributed by atoms with Crippen LogP contribution in [0.3, 0.4) is 0 Å². The van der Waals surface area contributed by atoms with Crippen LogP contribution >= 0.6 is 15.9 Å². The first-order chi connectivity index (χ1) is 7.96. The highest BCUT2D eigenvalue weighted by Gasteiger charge is 2.38. The molecule has 1 fully saturated rings. The molecule has 0 amide bonds. The molecular weight excluding hydrogens is 313 g/mol. The third-order valence-corrected chi connectivity index (χ3v) is 5.35. The monoisotopic (exact) mass is 323 g/mol. The first-order valence-corrected chi connectivity index (χ1v) is 7.28. The minimum absolute atomic E-state index is 0.0314. The molecular formula is C10H11BrFNO3S. The Labute approximate surface area is 107 Å². The van der Waals surface area contributed by atoms with Crippen molar-refractivity contribution >= 4 is 26.0 Å². The second kappa shape index (κ2) is 4.64. The second-order valence-electron chi connectivity index (χ2n) is 3.82. The van der Waals surface area contributed by atoms with Crippen LogP contribution in [0.2, 0.25) is 0 Å². The van der Waals surface area contributed by atoms with E-state index in [1.807, 2.05) is 0 Å². The molecule has 1 aliphatic heterocycles. The molecule has 94 valence electrons. The average molecular weight is 324 g/mol. The molecule has 1 heterocycles. The van der Waals surface area contributed by atoms with Gasteiger partial charge in [0.25, 0.3) is 0 Å². The summed E-state index contributed by atoms with van der Waals surface area (Å²) in [6.07, 6.45) is 0.651. The summed E-state index contributed by atoms with van der Waals surface area (Å²) in [7, 11) is -3.63. The molecule has 0 radical (unpaired) electrons. The summed E-state index contributed by atoms with van der Waals surface area (Å²) >= 11 is 2.95. The van der Waals surface area contributed by atoms with Crippen LogP contribution in [0.15, 0.2) is 27.6 Å². The van der Waals surface area contributed by atoms with E-state index in [4.69, 9.17) is 5.11 Å². The maximum Gasteiger partial charge on any atom is 0.243 e. The quantitative estimate of drug-likeness (QED) is 0.913. The molecule has 1 unspecified atom stereocenters. The third-order valence-electron chi connectivity index (χ3n) is 2.80. The first-order valence-electron chi connectivity index (χ1n) is 5.04. The first kappa shape index (κ1) is 12.9. The molecule has 1 saturated heterocycles. The largest absolute Gasteiger partial charge is 0.395 e. The van der Waals surface area contributed by atoms with Crippen molar-refractivity contribution in [2.75, 3.05) is 13.2 Å². The lowest BCUT2D eigenvalue weighted by atomic mass is 10.1. The highest BCUT2D eigenvalue weighted by atomic mass is 79.9. The number of halogens is 2. The molecule has 1 aromatic carbocycles. The van der Waals surface area contributed by atoms with Gasteiger partial charge in [-0.3, -0.25) is 0 Å². The maximum atomic E-state index is 13.0. The lowest BCUT2D eigenvalue weighted by Crippen LogP contribution is -2.52. The molecule has 0 aromatic heterocycles. The molecule has 1 atom stereocenters. The van der Waals surface area contributed by atoms with Gasteiger partial charge >= 0.3 is 0 Å². The second-order valence-corrected chi connectivity index (χ2v) is 6.56. The zero-order chi connectivity index (χ0) is 12.6. The Hall–Kier alpha value is -0.500. The molecule has 1 aliphatic rings. The van der Waals surface area contributed by atoms with Gasteiger partial charge in [0, 0.05) is 12.6 Å². The number of aliphatic hydroxyl groups is 1. The van der Waals surface area contributed by atoms with E-state index < -0.39 is 15.8 Å². The van der Waals surface area contributed by atoms with Crippen LogP contribution in [0.4, 0.5) is 4.39 Å². The molecule has 4 nitrogen and oxygen atoms in total. The number of hydrogen-bond acceptors (Lipinski definition) is 3. The predicted octanol–water partition coefficient (Wildman–Crippen LogP) is 1.34. The van der Waals surface area contributed by atoms with Crippen molar-refractivity contribution in [3.8, 4) is 0 Å². The lowest BCUT2D eigenvalue weighted by molar-refractivity contribution is 0.116. The zero-order valence-electron chi connectivity index (χ0n) is 8.81. The molecule has 0 bridgehead atoms. The minimum atomic E-state index is -3.63.